The molecular formula is C9H12N2O4S. The molecule has 16 heavy (non-hydrogen) atoms. The molecule has 0 unspecified atom stereocenters. The maximum atomic E-state index is 11.6. The summed E-state index contributed by atoms with van der Waals surface area (Å²) in [6.07, 6.45) is 0.551. The lowest BCUT2D eigenvalue weighted by molar-refractivity contribution is 0.296. The molecule has 2 rings (SSSR count). The zero-order chi connectivity index (χ0) is 11.8. The van der Waals surface area contributed by atoms with Crippen molar-refractivity contribution >= 4 is 9.84 Å². The van der Waals surface area contributed by atoms with Gasteiger partial charge >= 0.3 is 0 Å². The molecule has 0 bridgehead atoms. The van der Waals surface area contributed by atoms with E-state index >= 15 is 0 Å². The van der Waals surface area contributed by atoms with Crippen LogP contribution in [0.3, 0.4) is 0 Å². The molecule has 1 aliphatic heterocycles. The molecule has 0 fully saturated rings. The number of H-pyrrole nitrogens is 1. The molecule has 0 radical (unpaired) electrons. The fraction of sp³-hybridized carbons (Fsp3) is 0.556. The highest BCUT2D eigenvalue weighted by Gasteiger charge is 2.25. The minimum absolute atomic E-state index is 0.0367. The number of rotatable bonds is 2. The lowest BCUT2D eigenvalue weighted by Gasteiger charge is -2.14. The number of nitrogens with one attached hydrogen (secondary N) is 1. The topological polar surface area (TPSA) is 100 Å². The van der Waals surface area contributed by atoms with Crippen LogP contribution >= 0.6 is 0 Å². The Labute approximate surface area is 92.3 Å². The van der Waals surface area contributed by atoms with Crippen LogP contribution < -0.4 is 5.56 Å². The van der Waals surface area contributed by atoms with E-state index in [1.165, 1.54) is 0 Å². The lowest BCUT2D eigenvalue weighted by Crippen LogP contribution is -2.29. The van der Waals surface area contributed by atoms with Crippen molar-refractivity contribution in [2.45, 2.75) is 18.6 Å². The van der Waals surface area contributed by atoms with E-state index in [-0.39, 0.29) is 36.5 Å². The molecule has 0 aromatic carbocycles. The van der Waals surface area contributed by atoms with Crippen LogP contribution in [0.5, 0.6) is 0 Å². The van der Waals surface area contributed by atoms with Gasteiger partial charge in [0.25, 0.3) is 5.56 Å². The molecule has 6 nitrogen and oxygen atoms in total. The molecule has 0 aliphatic carbocycles. The van der Waals surface area contributed by atoms with Crippen molar-refractivity contribution in [1.29, 1.82) is 0 Å². The average molecular weight is 244 g/mol. The highest BCUT2D eigenvalue weighted by Crippen LogP contribution is 2.15. The van der Waals surface area contributed by atoms with E-state index in [4.69, 9.17) is 5.11 Å². The Morgan fingerprint density at radius 1 is 1.44 bits per heavy atom. The molecular weight excluding hydrogens is 232 g/mol. The van der Waals surface area contributed by atoms with Crippen molar-refractivity contribution in [2.24, 2.45) is 0 Å². The molecule has 7 heteroatoms. The average Bonchev–Trinajstić information content (AvgIpc) is 2.19. The number of aliphatic hydroxyl groups excluding tert-OH is 1. The number of sulfone groups is 1. The summed E-state index contributed by atoms with van der Waals surface area (Å²) in [5.74, 6) is 0.213. The smallest absolute Gasteiger partial charge is 0.255 e. The number of nitrogens with zero attached hydrogens (tertiary/aromatic N) is 1. The molecule has 2 heterocycles. The van der Waals surface area contributed by atoms with Gasteiger partial charge in [-0.05, 0) is 0 Å². The van der Waals surface area contributed by atoms with Gasteiger partial charge in [0, 0.05) is 12.8 Å². The van der Waals surface area contributed by atoms with Crippen LogP contribution in [0, 0.1) is 0 Å². The summed E-state index contributed by atoms with van der Waals surface area (Å²) >= 11 is 0. The Balaban J connectivity index is 2.48. The van der Waals surface area contributed by atoms with Crippen molar-refractivity contribution in [3.05, 3.63) is 27.4 Å². The summed E-state index contributed by atoms with van der Waals surface area (Å²) in [6, 6.07) is 0. The zero-order valence-electron chi connectivity index (χ0n) is 8.56. The van der Waals surface area contributed by atoms with Crippen LogP contribution in [0.25, 0.3) is 0 Å². The Morgan fingerprint density at radius 3 is 2.88 bits per heavy atom. The minimum Gasteiger partial charge on any atom is -0.396 e. The van der Waals surface area contributed by atoms with Crippen molar-refractivity contribution < 1.29 is 13.5 Å². The van der Waals surface area contributed by atoms with Gasteiger partial charge in [-0.1, -0.05) is 0 Å². The SMILES string of the molecule is O=c1[nH]c(CCO)nc2c1CS(=O)(=O)CC2. The fourth-order valence-electron chi connectivity index (χ4n) is 1.72. The number of aryl methyl sites for hydroxylation is 1. The zero-order valence-corrected chi connectivity index (χ0v) is 9.38. The number of aromatic amines is 1. The third-order valence-electron chi connectivity index (χ3n) is 2.51. The minimum atomic E-state index is -3.15. The van der Waals surface area contributed by atoms with Crippen LogP contribution in [0.4, 0.5) is 0 Å². The highest BCUT2D eigenvalue weighted by atomic mass is 32.2. The molecule has 0 amide bonds. The van der Waals surface area contributed by atoms with Gasteiger partial charge in [-0.2, -0.15) is 0 Å². The molecule has 0 atom stereocenters. The Morgan fingerprint density at radius 2 is 2.19 bits per heavy atom. The van der Waals surface area contributed by atoms with Gasteiger partial charge in [0.1, 0.15) is 5.82 Å². The Kier molecular flexibility index (Phi) is 2.81. The van der Waals surface area contributed by atoms with Crippen LogP contribution in [0.15, 0.2) is 4.79 Å². The third kappa shape index (κ3) is 2.14. The van der Waals surface area contributed by atoms with E-state index in [0.29, 0.717) is 11.5 Å². The summed E-state index contributed by atoms with van der Waals surface area (Å²) in [7, 11) is -3.15. The lowest BCUT2D eigenvalue weighted by atomic mass is 10.2. The largest absolute Gasteiger partial charge is 0.396 e. The van der Waals surface area contributed by atoms with Gasteiger partial charge in [0.15, 0.2) is 9.84 Å². The van der Waals surface area contributed by atoms with Crippen molar-refractivity contribution in [1.82, 2.24) is 9.97 Å². The molecule has 0 spiro atoms. The monoisotopic (exact) mass is 244 g/mol. The number of aromatic nitrogens is 2. The number of aliphatic hydroxyl groups is 1. The fourth-order valence-corrected chi connectivity index (χ4v) is 3.11. The van der Waals surface area contributed by atoms with Gasteiger partial charge in [-0.3, -0.25) is 4.79 Å². The molecule has 2 N–H and O–H groups in total. The third-order valence-corrected chi connectivity index (χ3v) is 4.07. The molecule has 88 valence electrons. The van der Waals surface area contributed by atoms with Crippen molar-refractivity contribution in [2.75, 3.05) is 12.4 Å². The van der Waals surface area contributed by atoms with Crippen LogP contribution in [0.1, 0.15) is 17.1 Å². The maximum Gasteiger partial charge on any atom is 0.255 e. The van der Waals surface area contributed by atoms with Gasteiger partial charge < -0.3 is 10.1 Å². The molecule has 1 aliphatic rings. The van der Waals surface area contributed by atoms with E-state index < -0.39 is 15.4 Å². The van der Waals surface area contributed by atoms with Gasteiger partial charge in [-0.15, -0.1) is 0 Å². The first-order valence-corrected chi connectivity index (χ1v) is 6.76. The molecule has 0 saturated carbocycles. The van der Waals surface area contributed by atoms with Gasteiger partial charge in [0.05, 0.1) is 29.4 Å². The number of hydrogen-bond acceptors (Lipinski definition) is 5. The first-order chi connectivity index (χ1) is 7.52. The van der Waals surface area contributed by atoms with Crippen LogP contribution in [0.2, 0.25) is 0 Å². The van der Waals surface area contributed by atoms with E-state index in [2.05, 4.69) is 9.97 Å². The summed E-state index contributed by atoms with van der Waals surface area (Å²) in [5, 5.41) is 8.74. The van der Waals surface area contributed by atoms with E-state index in [1.807, 2.05) is 0 Å². The van der Waals surface area contributed by atoms with Crippen molar-refractivity contribution in [3.63, 3.8) is 0 Å². The highest BCUT2D eigenvalue weighted by molar-refractivity contribution is 7.90. The van der Waals surface area contributed by atoms with Crippen LogP contribution in [-0.2, 0) is 28.4 Å². The van der Waals surface area contributed by atoms with Gasteiger partial charge in [-0.25, -0.2) is 13.4 Å². The predicted molar refractivity (Wildman–Crippen MR) is 56.8 cm³/mol. The van der Waals surface area contributed by atoms with E-state index in [1.54, 1.807) is 0 Å². The summed E-state index contributed by atoms with van der Waals surface area (Å²) < 4.78 is 22.7. The second-order valence-electron chi connectivity index (χ2n) is 3.75. The normalized spacial score (nSPS) is 18.1. The Bertz CT molecular complexity index is 561. The second-order valence-corrected chi connectivity index (χ2v) is 5.94. The van der Waals surface area contributed by atoms with E-state index in [0.717, 1.165) is 0 Å². The maximum absolute atomic E-state index is 11.6. The molecule has 1 aromatic heterocycles. The standard InChI is InChI=1S/C9H12N2O4S/c12-3-1-8-10-7-2-4-16(14,15)5-6(7)9(13)11-8/h12H,1-5H2,(H,10,11,13). The second kappa shape index (κ2) is 3.99. The number of hydrogen-bond donors (Lipinski definition) is 2. The van der Waals surface area contributed by atoms with Crippen LogP contribution in [-0.4, -0.2) is 35.9 Å². The van der Waals surface area contributed by atoms with Gasteiger partial charge in [0.2, 0.25) is 0 Å². The first-order valence-electron chi connectivity index (χ1n) is 4.94. The summed E-state index contributed by atoms with van der Waals surface area (Å²) in [4.78, 5) is 18.2. The molecule has 1 aromatic rings. The quantitative estimate of drug-likeness (QED) is 0.679. The molecule has 0 saturated heterocycles. The first kappa shape index (κ1) is 11.3. The summed E-state index contributed by atoms with van der Waals surface area (Å²) in [6.45, 7) is -0.0972. The van der Waals surface area contributed by atoms with Crippen molar-refractivity contribution in [3.8, 4) is 0 Å². The predicted octanol–water partition coefficient (Wildman–Crippen LogP) is -1.22. The Hall–Kier alpha value is -1.21. The summed E-state index contributed by atoms with van der Waals surface area (Å²) in [5.41, 5.74) is 0.381. The number of fused-ring (bicyclic) bond motifs is 1. The van der Waals surface area contributed by atoms with E-state index in [9.17, 15) is 13.2 Å².